The quantitative estimate of drug-likeness (QED) is 0.318. The first-order chi connectivity index (χ1) is 9.08. The summed E-state index contributed by atoms with van der Waals surface area (Å²) < 4.78 is 9.33. The molecule has 0 aliphatic rings. The van der Waals surface area contributed by atoms with Crippen molar-refractivity contribution in [3.05, 3.63) is 0 Å². The van der Waals surface area contributed by atoms with Gasteiger partial charge >= 0.3 is 11.9 Å². The van der Waals surface area contributed by atoms with E-state index >= 15 is 0 Å². The Kier molecular flexibility index (Phi) is 8.13. The van der Waals surface area contributed by atoms with Gasteiger partial charge in [-0.05, 0) is 6.42 Å². The zero-order chi connectivity index (χ0) is 14.7. The van der Waals surface area contributed by atoms with Gasteiger partial charge in [0.1, 0.15) is 0 Å². The lowest BCUT2D eigenvalue weighted by atomic mass is 9.81. The Bertz CT molecular complexity index is 390. The maximum atomic E-state index is 11.9. The van der Waals surface area contributed by atoms with Gasteiger partial charge < -0.3 is 9.47 Å². The van der Waals surface area contributed by atoms with E-state index in [0.29, 0.717) is 0 Å². The summed E-state index contributed by atoms with van der Waals surface area (Å²) in [5, 5.41) is 0. The van der Waals surface area contributed by atoms with E-state index in [1.807, 2.05) is 0 Å². The number of carbonyl (C=O) groups is 2. The minimum Gasteiger partial charge on any atom is -0.468 e. The average molecular weight is 264 g/mol. The molecule has 0 atom stereocenters. The Balaban J connectivity index is 5.11. The van der Waals surface area contributed by atoms with E-state index in [-0.39, 0.29) is 12.8 Å². The second kappa shape index (κ2) is 9.05. The maximum Gasteiger partial charge on any atom is 0.325 e. The highest BCUT2D eigenvalue weighted by atomic mass is 16.5. The minimum atomic E-state index is -1.52. The summed E-state index contributed by atoms with van der Waals surface area (Å²) in [6.45, 7) is 2.06. The van der Waals surface area contributed by atoms with Crippen molar-refractivity contribution in [2.75, 3.05) is 14.2 Å². The molecular formula is C15H20O4. The largest absolute Gasteiger partial charge is 0.468 e. The van der Waals surface area contributed by atoms with Crippen LogP contribution in [0.15, 0.2) is 0 Å². The van der Waals surface area contributed by atoms with Crippen molar-refractivity contribution < 1.29 is 19.1 Å². The first-order valence-electron chi connectivity index (χ1n) is 6.15. The fourth-order valence-corrected chi connectivity index (χ4v) is 1.57. The molecule has 0 saturated carbocycles. The van der Waals surface area contributed by atoms with Crippen molar-refractivity contribution in [3.8, 4) is 24.2 Å². The standard InChI is InChI=1S/C15H20O4/c1-5-7-8-9-10-12-15(11-6-2,13(16)18-3)14(17)19-4/h2H,5,7-8,11-12H2,1,3-4H3. The van der Waals surface area contributed by atoms with Crippen LogP contribution in [0.2, 0.25) is 0 Å². The predicted octanol–water partition coefficient (Wildman–Crippen LogP) is 1.93. The Morgan fingerprint density at radius 1 is 1.11 bits per heavy atom. The van der Waals surface area contributed by atoms with Crippen molar-refractivity contribution in [2.45, 2.75) is 39.0 Å². The molecule has 19 heavy (non-hydrogen) atoms. The van der Waals surface area contributed by atoms with E-state index in [1.165, 1.54) is 14.2 Å². The SMILES string of the molecule is C#CCC(CC#CCCCC)(C(=O)OC)C(=O)OC. The van der Waals surface area contributed by atoms with Gasteiger partial charge in [-0.2, -0.15) is 0 Å². The molecule has 0 radical (unpaired) electrons. The first-order valence-corrected chi connectivity index (χ1v) is 6.15. The number of carbonyl (C=O) groups excluding carboxylic acids is 2. The number of hydrogen-bond donors (Lipinski definition) is 0. The summed E-state index contributed by atoms with van der Waals surface area (Å²) >= 11 is 0. The van der Waals surface area contributed by atoms with Crippen LogP contribution in [0.4, 0.5) is 0 Å². The van der Waals surface area contributed by atoms with Crippen LogP contribution in [0.5, 0.6) is 0 Å². The van der Waals surface area contributed by atoms with Crippen molar-refractivity contribution in [1.29, 1.82) is 0 Å². The lowest BCUT2D eigenvalue weighted by Gasteiger charge is -2.23. The van der Waals surface area contributed by atoms with Gasteiger partial charge in [-0.25, -0.2) is 0 Å². The summed E-state index contributed by atoms with van der Waals surface area (Å²) in [5.41, 5.74) is -1.52. The molecule has 0 N–H and O–H groups in total. The fraction of sp³-hybridized carbons (Fsp3) is 0.600. The molecule has 0 bridgehead atoms. The molecule has 0 spiro atoms. The van der Waals surface area contributed by atoms with Gasteiger partial charge in [-0.1, -0.05) is 13.3 Å². The van der Waals surface area contributed by atoms with Crippen LogP contribution in [0.25, 0.3) is 0 Å². The molecule has 0 fully saturated rings. The van der Waals surface area contributed by atoms with E-state index in [4.69, 9.17) is 6.42 Å². The monoisotopic (exact) mass is 264 g/mol. The number of unbranched alkanes of at least 4 members (excludes halogenated alkanes) is 2. The van der Waals surface area contributed by atoms with Gasteiger partial charge in [-0.15, -0.1) is 24.2 Å². The summed E-state index contributed by atoms with van der Waals surface area (Å²) in [6.07, 6.45) is 7.91. The van der Waals surface area contributed by atoms with Crippen molar-refractivity contribution >= 4 is 11.9 Å². The smallest absolute Gasteiger partial charge is 0.325 e. The molecule has 0 unspecified atom stereocenters. The zero-order valence-corrected chi connectivity index (χ0v) is 11.7. The second-order valence-corrected chi connectivity index (χ2v) is 4.08. The van der Waals surface area contributed by atoms with Gasteiger partial charge in [0.05, 0.1) is 14.2 Å². The Labute approximate surface area is 114 Å². The molecule has 104 valence electrons. The van der Waals surface area contributed by atoms with Crippen LogP contribution < -0.4 is 0 Å². The summed E-state index contributed by atoms with van der Waals surface area (Å²) in [5.74, 6) is 6.66. The van der Waals surface area contributed by atoms with Crippen LogP contribution in [-0.2, 0) is 19.1 Å². The average Bonchev–Trinajstić information content (AvgIpc) is 2.44. The lowest BCUT2D eigenvalue weighted by molar-refractivity contribution is -0.168. The Morgan fingerprint density at radius 3 is 2.11 bits per heavy atom. The van der Waals surface area contributed by atoms with Crippen LogP contribution in [0, 0.1) is 29.6 Å². The van der Waals surface area contributed by atoms with Gasteiger partial charge in [0.15, 0.2) is 5.41 Å². The molecule has 0 aromatic carbocycles. The van der Waals surface area contributed by atoms with Crippen LogP contribution in [0.3, 0.4) is 0 Å². The minimum absolute atomic E-state index is 0.0141. The summed E-state index contributed by atoms with van der Waals surface area (Å²) in [4.78, 5) is 23.7. The highest BCUT2D eigenvalue weighted by Gasteiger charge is 2.47. The summed E-state index contributed by atoms with van der Waals surface area (Å²) in [6, 6.07) is 0. The van der Waals surface area contributed by atoms with Crippen molar-refractivity contribution in [1.82, 2.24) is 0 Å². The zero-order valence-electron chi connectivity index (χ0n) is 11.7. The van der Waals surface area contributed by atoms with E-state index in [1.54, 1.807) is 0 Å². The Hall–Kier alpha value is -1.94. The van der Waals surface area contributed by atoms with Crippen LogP contribution in [-0.4, -0.2) is 26.2 Å². The highest BCUT2D eigenvalue weighted by Crippen LogP contribution is 2.29. The van der Waals surface area contributed by atoms with E-state index in [2.05, 4.69) is 34.2 Å². The molecule has 0 aromatic rings. The van der Waals surface area contributed by atoms with E-state index < -0.39 is 17.4 Å². The molecule has 4 heteroatoms. The van der Waals surface area contributed by atoms with E-state index in [0.717, 1.165) is 19.3 Å². The molecule has 0 aromatic heterocycles. The van der Waals surface area contributed by atoms with Gasteiger partial charge in [-0.3, -0.25) is 9.59 Å². The molecule has 0 saturated heterocycles. The molecule has 0 aliphatic heterocycles. The third-order valence-electron chi connectivity index (χ3n) is 2.73. The number of rotatable bonds is 6. The third-order valence-corrected chi connectivity index (χ3v) is 2.73. The Morgan fingerprint density at radius 2 is 1.68 bits per heavy atom. The molecule has 4 nitrogen and oxygen atoms in total. The van der Waals surface area contributed by atoms with Crippen LogP contribution >= 0.6 is 0 Å². The number of terminal acetylenes is 1. The topological polar surface area (TPSA) is 52.6 Å². The van der Waals surface area contributed by atoms with Gasteiger partial charge in [0, 0.05) is 19.3 Å². The van der Waals surface area contributed by atoms with Crippen LogP contribution in [0.1, 0.15) is 39.0 Å². The number of ether oxygens (including phenoxy) is 2. The van der Waals surface area contributed by atoms with Gasteiger partial charge in [0.25, 0.3) is 0 Å². The lowest BCUT2D eigenvalue weighted by Crippen LogP contribution is -2.40. The molecule has 0 heterocycles. The second-order valence-electron chi connectivity index (χ2n) is 4.08. The predicted molar refractivity (Wildman–Crippen MR) is 71.8 cm³/mol. The molecule has 0 aliphatic carbocycles. The van der Waals surface area contributed by atoms with Crippen molar-refractivity contribution in [3.63, 3.8) is 0 Å². The number of hydrogen-bond acceptors (Lipinski definition) is 4. The van der Waals surface area contributed by atoms with Crippen molar-refractivity contribution in [2.24, 2.45) is 5.41 Å². The molecular weight excluding hydrogens is 244 g/mol. The normalized spacial score (nSPS) is 9.79. The fourth-order valence-electron chi connectivity index (χ4n) is 1.57. The molecule has 0 rings (SSSR count). The number of methoxy groups -OCH3 is 2. The summed E-state index contributed by atoms with van der Waals surface area (Å²) in [7, 11) is 2.42. The first kappa shape index (κ1) is 17.1. The van der Waals surface area contributed by atoms with E-state index in [9.17, 15) is 9.59 Å². The molecule has 0 amide bonds. The number of esters is 2. The highest BCUT2D eigenvalue weighted by molar-refractivity contribution is 6.00. The third kappa shape index (κ3) is 4.67. The van der Waals surface area contributed by atoms with Gasteiger partial charge in [0.2, 0.25) is 0 Å². The maximum absolute atomic E-state index is 11.9.